The van der Waals surface area contributed by atoms with Crippen LogP contribution in [0.3, 0.4) is 0 Å². The van der Waals surface area contributed by atoms with Crippen molar-refractivity contribution >= 4 is 11.8 Å². The Labute approximate surface area is 149 Å². The van der Waals surface area contributed by atoms with E-state index in [9.17, 15) is 9.59 Å². The Kier molecular flexibility index (Phi) is 4.05. The van der Waals surface area contributed by atoms with Crippen molar-refractivity contribution in [2.75, 3.05) is 0 Å². The fraction of sp³-hybridized carbons (Fsp3) is 0.545. The summed E-state index contributed by atoms with van der Waals surface area (Å²) in [5, 5.41) is 0. The van der Waals surface area contributed by atoms with Crippen molar-refractivity contribution in [2.45, 2.75) is 63.9 Å². The number of rotatable bonds is 1. The molecule has 25 heavy (non-hydrogen) atoms. The molecule has 1 saturated heterocycles. The number of carbonyl (C=O) groups excluding carboxylic acids is 2. The van der Waals surface area contributed by atoms with Crippen molar-refractivity contribution in [3.63, 3.8) is 0 Å². The average Bonchev–Trinajstić information content (AvgIpc) is 2.63. The van der Waals surface area contributed by atoms with Crippen LogP contribution in [0.5, 0.6) is 0 Å². The SMILES string of the molecule is CC1=C(C)C[C@H]2C(=O)O[C@]3(CCCC[C@H]3c3ccccc3)C(=O)[C@H]2C1. The summed E-state index contributed by atoms with van der Waals surface area (Å²) in [5.41, 5.74) is 2.70. The molecule has 1 aromatic carbocycles. The molecule has 1 spiro atoms. The van der Waals surface area contributed by atoms with E-state index in [2.05, 4.69) is 26.0 Å². The van der Waals surface area contributed by atoms with Crippen LogP contribution in [0.15, 0.2) is 41.5 Å². The van der Waals surface area contributed by atoms with E-state index in [-0.39, 0.29) is 29.5 Å². The molecule has 132 valence electrons. The molecule has 3 heteroatoms. The molecule has 3 aliphatic rings. The molecule has 1 aliphatic heterocycles. The highest BCUT2D eigenvalue weighted by atomic mass is 16.6. The number of esters is 1. The Morgan fingerprint density at radius 2 is 1.64 bits per heavy atom. The summed E-state index contributed by atoms with van der Waals surface area (Å²) < 4.78 is 6.04. The second-order valence-corrected chi connectivity index (χ2v) is 8.07. The summed E-state index contributed by atoms with van der Waals surface area (Å²) in [6.45, 7) is 4.17. The highest BCUT2D eigenvalue weighted by Crippen LogP contribution is 2.51. The van der Waals surface area contributed by atoms with Crippen molar-refractivity contribution in [3.8, 4) is 0 Å². The molecule has 0 aromatic heterocycles. The van der Waals surface area contributed by atoms with Crippen LogP contribution in [-0.4, -0.2) is 17.4 Å². The molecule has 0 N–H and O–H groups in total. The second-order valence-electron chi connectivity index (χ2n) is 8.07. The van der Waals surface area contributed by atoms with Crippen LogP contribution in [0, 0.1) is 11.8 Å². The standard InChI is InChI=1S/C22H26O3/c1-14-12-17-18(13-15(14)2)21(24)25-22(20(17)23)11-7-6-10-19(22)16-8-4-3-5-9-16/h3-5,8-9,17-19H,6-7,10-13H2,1-2H3/t17-,18+,19-,22-/m0/s1. The van der Waals surface area contributed by atoms with Crippen molar-refractivity contribution < 1.29 is 14.3 Å². The highest BCUT2D eigenvalue weighted by molar-refractivity contribution is 5.99. The summed E-state index contributed by atoms with van der Waals surface area (Å²) in [4.78, 5) is 26.5. The predicted molar refractivity (Wildman–Crippen MR) is 96.1 cm³/mol. The largest absolute Gasteiger partial charge is 0.450 e. The van der Waals surface area contributed by atoms with Gasteiger partial charge in [0.25, 0.3) is 0 Å². The number of carbonyl (C=O) groups is 2. The van der Waals surface area contributed by atoms with Gasteiger partial charge in [-0.15, -0.1) is 0 Å². The number of benzene rings is 1. The zero-order valence-electron chi connectivity index (χ0n) is 15.1. The Bertz CT molecular complexity index is 733. The summed E-state index contributed by atoms with van der Waals surface area (Å²) in [5.74, 6) is -0.460. The molecule has 1 heterocycles. The van der Waals surface area contributed by atoms with Gasteiger partial charge in [-0.05, 0) is 51.5 Å². The minimum Gasteiger partial charge on any atom is -0.450 e. The molecular weight excluding hydrogens is 312 g/mol. The normalized spacial score (nSPS) is 35.5. The summed E-state index contributed by atoms with van der Waals surface area (Å²) in [6.07, 6.45) is 5.00. The Hall–Kier alpha value is -1.90. The molecular formula is C22H26O3. The number of hydrogen-bond acceptors (Lipinski definition) is 3. The number of ether oxygens (including phenoxy) is 1. The summed E-state index contributed by atoms with van der Waals surface area (Å²) in [6, 6.07) is 10.1. The van der Waals surface area contributed by atoms with Gasteiger partial charge in [0.05, 0.1) is 5.92 Å². The van der Waals surface area contributed by atoms with Crippen LogP contribution in [0.25, 0.3) is 0 Å². The monoisotopic (exact) mass is 338 g/mol. The third-order valence-corrected chi connectivity index (χ3v) is 6.66. The first-order chi connectivity index (χ1) is 12.0. The third-order valence-electron chi connectivity index (χ3n) is 6.66. The Balaban J connectivity index is 1.75. The van der Waals surface area contributed by atoms with Gasteiger partial charge >= 0.3 is 5.97 Å². The molecule has 1 aromatic rings. The van der Waals surface area contributed by atoms with E-state index in [1.807, 2.05) is 18.2 Å². The molecule has 2 fully saturated rings. The van der Waals surface area contributed by atoms with Crippen molar-refractivity contribution in [1.29, 1.82) is 0 Å². The van der Waals surface area contributed by atoms with Gasteiger partial charge in [-0.25, -0.2) is 0 Å². The van der Waals surface area contributed by atoms with Gasteiger partial charge in [0, 0.05) is 11.8 Å². The van der Waals surface area contributed by atoms with E-state index in [4.69, 9.17) is 4.74 Å². The molecule has 4 atom stereocenters. The molecule has 3 nitrogen and oxygen atoms in total. The zero-order valence-corrected chi connectivity index (χ0v) is 15.1. The highest BCUT2D eigenvalue weighted by Gasteiger charge is 2.59. The minimum atomic E-state index is -0.941. The molecule has 0 unspecified atom stereocenters. The number of fused-ring (bicyclic) bond motifs is 1. The van der Waals surface area contributed by atoms with Gasteiger partial charge in [0.2, 0.25) is 0 Å². The quantitative estimate of drug-likeness (QED) is 0.556. The molecule has 2 aliphatic carbocycles. The predicted octanol–water partition coefficient (Wildman–Crippen LogP) is 4.57. The third kappa shape index (κ3) is 2.56. The lowest BCUT2D eigenvalue weighted by molar-refractivity contribution is -0.193. The van der Waals surface area contributed by atoms with Gasteiger partial charge in [-0.3, -0.25) is 9.59 Å². The topological polar surface area (TPSA) is 43.4 Å². The molecule has 4 rings (SSSR count). The van der Waals surface area contributed by atoms with Gasteiger partial charge in [0.15, 0.2) is 11.4 Å². The molecule has 1 saturated carbocycles. The van der Waals surface area contributed by atoms with Gasteiger partial charge in [-0.2, -0.15) is 0 Å². The average molecular weight is 338 g/mol. The fourth-order valence-corrected chi connectivity index (χ4v) is 5.12. The van der Waals surface area contributed by atoms with Gasteiger partial charge < -0.3 is 4.74 Å². The first kappa shape index (κ1) is 16.6. The number of allylic oxidation sites excluding steroid dienone is 2. The van der Waals surface area contributed by atoms with E-state index >= 15 is 0 Å². The molecule has 0 bridgehead atoms. The van der Waals surface area contributed by atoms with Gasteiger partial charge in [-0.1, -0.05) is 47.9 Å². The summed E-state index contributed by atoms with van der Waals surface area (Å²) in [7, 11) is 0. The van der Waals surface area contributed by atoms with Crippen LogP contribution in [0.1, 0.15) is 63.9 Å². The Morgan fingerprint density at radius 1 is 0.960 bits per heavy atom. The van der Waals surface area contributed by atoms with Crippen molar-refractivity contribution in [2.24, 2.45) is 11.8 Å². The maximum atomic E-state index is 13.6. The van der Waals surface area contributed by atoms with Crippen LogP contribution in [0.4, 0.5) is 0 Å². The van der Waals surface area contributed by atoms with Crippen molar-refractivity contribution in [3.05, 3.63) is 47.0 Å². The Morgan fingerprint density at radius 3 is 2.36 bits per heavy atom. The van der Waals surface area contributed by atoms with E-state index < -0.39 is 5.60 Å². The van der Waals surface area contributed by atoms with E-state index in [0.29, 0.717) is 19.3 Å². The maximum Gasteiger partial charge on any atom is 0.311 e. The molecule has 0 radical (unpaired) electrons. The van der Waals surface area contributed by atoms with Gasteiger partial charge in [0.1, 0.15) is 0 Å². The molecule has 0 amide bonds. The summed E-state index contributed by atoms with van der Waals surface area (Å²) >= 11 is 0. The lowest BCUT2D eigenvalue weighted by Gasteiger charge is -2.49. The first-order valence-corrected chi connectivity index (χ1v) is 9.50. The minimum absolute atomic E-state index is 0.00726. The lowest BCUT2D eigenvalue weighted by Crippen LogP contribution is -2.59. The first-order valence-electron chi connectivity index (χ1n) is 9.50. The van der Waals surface area contributed by atoms with E-state index in [1.165, 1.54) is 11.1 Å². The van der Waals surface area contributed by atoms with Crippen LogP contribution >= 0.6 is 0 Å². The number of Topliss-reactive ketones (excluding diaryl/α,β-unsaturated/α-hetero) is 1. The fourth-order valence-electron chi connectivity index (χ4n) is 5.12. The zero-order chi connectivity index (χ0) is 17.6. The van der Waals surface area contributed by atoms with Crippen LogP contribution < -0.4 is 0 Å². The smallest absolute Gasteiger partial charge is 0.311 e. The van der Waals surface area contributed by atoms with E-state index in [1.54, 1.807) is 0 Å². The lowest BCUT2D eigenvalue weighted by atomic mass is 9.61. The second kappa shape index (κ2) is 6.12. The van der Waals surface area contributed by atoms with Crippen LogP contribution in [0.2, 0.25) is 0 Å². The van der Waals surface area contributed by atoms with Crippen LogP contribution in [-0.2, 0) is 14.3 Å². The van der Waals surface area contributed by atoms with E-state index in [0.717, 1.165) is 24.8 Å². The number of ketones is 1. The van der Waals surface area contributed by atoms with Crippen molar-refractivity contribution in [1.82, 2.24) is 0 Å². The number of hydrogen-bond donors (Lipinski definition) is 0. The maximum absolute atomic E-state index is 13.6.